The van der Waals surface area contributed by atoms with E-state index in [1.165, 1.54) is 4.68 Å². The van der Waals surface area contributed by atoms with Crippen molar-refractivity contribution >= 4 is 11.6 Å². The van der Waals surface area contributed by atoms with Gasteiger partial charge in [-0.05, 0) is 19.4 Å². The number of ether oxygens (including phenoxy) is 1. The molecule has 1 aromatic heterocycles. The van der Waals surface area contributed by atoms with Gasteiger partial charge < -0.3 is 10.1 Å². The fraction of sp³-hybridized carbons (Fsp3) is 0.474. The van der Waals surface area contributed by atoms with Crippen LogP contribution in [0.15, 0.2) is 30.3 Å². The molecule has 0 saturated carbocycles. The van der Waals surface area contributed by atoms with Crippen LogP contribution in [-0.4, -0.2) is 58.4 Å². The monoisotopic (exact) mass is 387 g/mol. The smallest absolute Gasteiger partial charge is 0.312 e. The minimum Gasteiger partial charge on any atom is -0.379 e. The summed E-state index contributed by atoms with van der Waals surface area (Å²) in [6.45, 7) is 6.81. The van der Waals surface area contributed by atoms with Gasteiger partial charge >= 0.3 is 5.69 Å². The third kappa shape index (κ3) is 4.73. The maximum atomic E-state index is 12.7. The van der Waals surface area contributed by atoms with E-state index in [9.17, 15) is 14.9 Å². The molecule has 1 atom stereocenters. The molecule has 1 aromatic carbocycles. The SMILES string of the molecule is Cc1nn(CC(=O)NC(CN2CCOCC2)c2ccccc2)c(C)c1[N+](=O)[O-]. The molecule has 1 aliphatic rings. The molecule has 2 aromatic rings. The first-order valence-electron chi connectivity index (χ1n) is 9.28. The third-order valence-corrected chi connectivity index (χ3v) is 4.90. The molecule has 2 heterocycles. The number of nitrogens with zero attached hydrogens (tertiary/aromatic N) is 4. The highest BCUT2D eigenvalue weighted by molar-refractivity contribution is 5.76. The van der Waals surface area contributed by atoms with E-state index in [1.54, 1.807) is 13.8 Å². The number of aromatic nitrogens is 2. The Morgan fingerprint density at radius 2 is 1.96 bits per heavy atom. The largest absolute Gasteiger partial charge is 0.379 e. The van der Waals surface area contributed by atoms with Gasteiger partial charge in [-0.15, -0.1) is 0 Å². The topological polar surface area (TPSA) is 103 Å². The minimum absolute atomic E-state index is 0.0410. The number of nitro groups is 1. The highest BCUT2D eigenvalue weighted by Gasteiger charge is 2.24. The van der Waals surface area contributed by atoms with E-state index < -0.39 is 4.92 Å². The molecule has 1 aliphatic heterocycles. The zero-order chi connectivity index (χ0) is 20.1. The second-order valence-electron chi connectivity index (χ2n) is 6.88. The van der Waals surface area contributed by atoms with Crippen molar-refractivity contribution in [3.05, 3.63) is 57.4 Å². The van der Waals surface area contributed by atoms with Crippen molar-refractivity contribution in [2.24, 2.45) is 0 Å². The Morgan fingerprint density at radius 1 is 1.29 bits per heavy atom. The lowest BCUT2D eigenvalue weighted by Gasteiger charge is -2.31. The van der Waals surface area contributed by atoms with Crippen LogP contribution in [0.2, 0.25) is 0 Å². The van der Waals surface area contributed by atoms with Gasteiger partial charge in [-0.2, -0.15) is 5.10 Å². The molecule has 1 N–H and O–H groups in total. The van der Waals surface area contributed by atoms with E-state index in [0.29, 0.717) is 31.1 Å². The molecule has 9 nitrogen and oxygen atoms in total. The molecule has 1 fully saturated rings. The summed E-state index contributed by atoms with van der Waals surface area (Å²) in [7, 11) is 0. The van der Waals surface area contributed by atoms with E-state index in [4.69, 9.17) is 4.74 Å². The third-order valence-electron chi connectivity index (χ3n) is 4.90. The normalized spacial score (nSPS) is 15.9. The summed E-state index contributed by atoms with van der Waals surface area (Å²) >= 11 is 0. The van der Waals surface area contributed by atoms with Crippen LogP contribution in [0.3, 0.4) is 0 Å². The van der Waals surface area contributed by atoms with E-state index in [0.717, 1.165) is 18.7 Å². The molecule has 9 heteroatoms. The predicted molar refractivity (Wildman–Crippen MR) is 103 cm³/mol. The van der Waals surface area contributed by atoms with Crippen LogP contribution in [0.5, 0.6) is 0 Å². The summed E-state index contributed by atoms with van der Waals surface area (Å²) in [5.74, 6) is -0.234. The van der Waals surface area contributed by atoms with E-state index in [-0.39, 0.29) is 24.2 Å². The quantitative estimate of drug-likeness (QED) is 0.572. The lowest BCUT2D eigenvalue weighted by Crippen LogP contribution is -2.43. The van der Waals surface area contributed by atoms with Crippen molar-refractivity contribution in [1.29, 1.82) is 0 Å². The van der Waals surface area contributed by atoms with Gasteiger partial charge in [0, 0.05) is 19.6 Å². The number of aryl methyl sites for hydroxylation is 1. The Bertz CT molecular complexity index is 830. The minimum atomic E-state index is -0.461. The van der Waals surface area contributed by atoms with Gasteiger partial charge in [0.15, 0.2) is 0 Å². The molecule has 1 unspecified atom stereocenters. The highest BCUT2D eigenvalue weighted by Crippen LogP contribution is 2.22. The van der Waals surface area contributed by atoms with Crippen LogP contribution < -0.4 is 5.32 Å². The number of nitrogens with one attached hydrogen (secondary N) is 1. The number of carbonyl (C=O) groups is 1. The van der Waals surface area contributed by atoms with Crippen LogP contribution in [0.4, 0.5) is 5.69 Å². The van der Waals surface area contributed by atoms with Gasteiger partial charge in [-0.25, -0.2) is 0 Å². The maximum Gasteiger partial charge on any atom is 0.312 e. The number of carbonyl (C=O) groups excluding carboxylic acids is 1. The molecule has 1 saturated heterocycles. The number of amides is 1. The average molecular weight is 387 g/mol. The van der Waals surface area contributed by atoms with Crippen LogP contribution in [0.25, 0.3) is 0 Å². The van der Waals surface area contributed by atoms with E-state index >= 15 is 0 Å². The van der Waals surface area contributed by atoms with Crippen molar-refractivity contribution in [2.75, 3.05) is 32.8 Å². The Labute approximate surface area is 163 Å². The van der Waals surface area contributed by atoms with Crippen molar-refractivity contribution in [2.45, 2.75) is 26.4 Å². The summed E-state index contributed by atoms with van der Waals surface area (Å²) in [6.07, 6.45) is 0. The summed E-state index contributed by atoms with van der Waals surface area (Å²) in [5.41, 5.74) is 1.66. The fourth-order valence-corrected chi connectivity index (χ4v) is 3.44. The Hall–Kier alpha value is -2.78. The maximum absolute atomic E-state index is 12.7. The summed E-state index contributed by atoms with van der Waals surface area (Å²) < 4.78 is 6.79. The van der Waals surface area contributed by atoms with E-state index in [1.807, 2.05) is 30.3 Å². The zero-order valence-corrected chi connectivity index (χ0v) is 16.1. The summed E-state index contributed by atoms with van der Waals surface area (Å²) in [5, 5.41) is 18.4. The molecule has 3 rings (SSSR count). The van der Waals surface area contributed by atoms with Gasteiger partial charge in [0.05, 0.1) is 24.2 Å². The summed E-state index contributed by atoms with van der Waals surface area (Å²) in [4.78, 5) is 25.7. The first-order valence-corrected chi connectivity index (χ1v) is 9.28. The van der Waals surface area contributed by atoms with Crippen LogP contribution in [0.1, 0.15) is 23.0 Å². The second-order valence-corrected chi connectivity index (χ2v) is 6.88. The zero-order valence-electron chi connectivity index (χ0n) is 16.1. The Morgan fingerprint density at radius 3 is 2.57 bits per heavy atom. The van der Waals surface area contributed by atoms with Gasteiger partial charge in [0.1, 0.15) is 17.9 Å². The standard InChI is InChI=1S/C19H25N5O4/c1-14-19(24(26)27)15(2)23(21-14)13-18(25)20-17(16-6-4-3-5-7-16)12-22-8-10-28-11-9-22/h3-7,17H,8-13H2,1-2H3,(H,20,25). The van der Waals surface area contributed by atoms with Gasteiger partial charge in [-0.1, -0.05) is 30.3 Å². The van der Waals surface area contributed by atoms with Gasteiger partial charge in [0.25, 0.3) is 0 Å². The first kappa shape index (κ1) is 20.0. The van der Waals surface area contributed by atoms with Crippen molar-refractivity contribution in [1.82, 2.24) is 20.0 Å². The molecule has 0 radical (unpaired) electrons. The molecular formula is C19H25N5O4. The van der Waals surface area contributed by atoms with Gasteiger partial charge in [-0.3, -0.25) is 24.5 Å². The van der Waals surface area contributed by atoms with E-state index in [2.05, 4.69) is 15.3 Å². The molecule has 28 heavy (non-hydrogen) atoms. The number of benzene rings is 1. The number of rotatable bonds is 7. The van der Waals surface area contributed by atoms with Crippen LogP contribution in [-0.2, 0) is 16.1 Å². The second kappa shape index (κ2) is 8.94. The van der Waals surface area contributed by atoms with Gasteiger partial charge in [0.2, 0.25) is 5.91 Å². The fourth-order valence-electron chi connectivity index (χ4n) is 3.44. The highest BCUT2D eigenvalue weighted by atomic mass is 16.6. The first-order chi connectivity index (χ1) is 13.5. The predicted octanol–water partition coefficient (Wildman–Crippen LogP) is 1.60. The number of hydrogen-bond donors (Lipinski definition) is 1. The molecule has 0 spiro atoms. The summed E-state index contributed by atoms with van der Waals surface area (Å²) in [6, 6.07) is 9.61. The average Bonchev–Trinajstić information content (AvgIpc) is 2.96. The van der Waals surface area contributed by atoms with Crippen molar-refractivity contribution < 1.29 is 14.5 Å². The molecule has 0 aliphatic carbocycles. The number of morpholine rings is 1. The number of hydrogen-bond acceptors (Lipinski definition) is 6. The molecule has 1 amide bonds. The van der Waals surface area contributed by atoms with Crippen LogP contribution in [0, 0.1) is 24.0 Å². The Kier molecular flexibility index (Phi) is 6.37. The van der Waals surface area contributed by atoms with Crippen molar-refractivity contribution in [3.8, 4) is 0 Å². The lowest BCUT2D eigenvalue weighted by atomic mass is 10.1. The lowest BCUT2D eigenvalue weighted by molar-refractivity contribution is -0.386. The molecular weight excluding hydrogens is 362 g/mol. The Balaban J connectivity index is 1.72. The molecule has 0 bridgehead atoms. The van der Waals surface area contributed by atoms with Crippen molar-refractivity contribution in [3.63, 3.8) is 0 Å². The van der Waals surface area contributed by atoms with Crippen LogP contribution >= 0.6 is 0 Å². The molecule has 150 valence electrons.